The van der Waals surface area contributed by atoms with Gasteiger partial charge in [0.15, 0.2) is 11.6 Å². The van der Waals surface area contributed by atoms with Gasteiger partial charge in [0.25, 0.3) is 0 Å². The van der Waals surface area contributed by atoms with Crippen LogP contribution >= 0.6 is 0 Å². The number of nitrogens with zero attached hydrogens (tertiary/aromatic N) is 3. The number of aliphatic hydroxyl groups is 1. The van der Waals surface area contributed by atoms with Gasteiger partial charge in [-0.2, -0.15) is 5.10 Å². The highest BCUT2D eigenvalue weighted by Gasteiger charge is 2.28. The predicted molar refractivity (Wildman–Crippen MR) is 129 cm³/mol. The van der Waals surface area contributed by atoms with Crippen molar-refractivity contribution in [3.05, 3.63) is 78.6 Å². The van der Waals surface area contributed by atoms with Gasteiger partial charge in [0.05, 0.1) is 11.7 Å². The summed E-state index contributed by atoms with van der Waals surface area (Å²) in [5, 5.41) is 15.4. The highest BCUT2D eigenvalue weighted by Crippen LogP contribution is 2.36. The van der Waals surface area contributed by atoms with Crippen molar-refractivity contribution in [2.45, 2.75) is 38.3 Å². The first-order valence-corrected chi connectivity index (χ1v) is 11.6. The molecule has 1 atom stereocenters. The highest BCUT2D eigenvalue weighted by molar-refractivity contribution is 5.65. The van der Waals surface area contributed by atoms with Crippen LogP contribution in [0.3, 0.4) is 0 Å². The van der Waals surface area contributed by atoms with Crippen LogP contribution in [-0.4, -0.2) is 39.0 Å². The number of hydrogen-bond donors (Lipinski definition) is 1. The molecule has 0 radical (unpaired) electrons. The summed E-state index contributed by atoms with van der Waals surface area (Å²) in [5.41, 5.74) is 2.68. The Balaban J connectivity index is 1.68. The number of para-hydroxylation sites is 1. The van der Waals surface area contributed by atoms with Gasteiger partial charge < -0.3 is 9.84 Å². The number of aromatic nitrogens is 2. The van der Waals surface area contributed by atoms with Crippen molar-refractivity contribution in [1.82, 2.24) is 14.7 Å². The molecule has 0 saturated heterocycles. The number of hydrogen-bond acceptors (Lipinski definition) is 4. The van der Waals surface area contributed by atoms with Crippen LogP contribution in [-0.2, 0) is 13.6 Å². The average Bonchev–Trinajstić information content (AvgIpc) is 3.58. The lowest BCUT2D eigenvalue weighted by atomic mass is 10.1. The van der Waals surface area contributed by atoms with Crippen LogP contribution in [0.25, 0.3) is 11.3 Å². The Hall–Kier alpha value is -2.96. The van der Waals surface area contributed by atoms with Crippen LogP contribution in [0, 0.1) is 11.7 Å². The molecule has 0 spiro atoms. The summed E-state index contributed by atoms with van der Waals surface area (Å²) in [6, 6.07) is 16.4. The Labute approximate surface area is 195 Å². The van der Waals surface area contributed by atoms with E-state index in [0.29, 0.717) is 31.3 Å². The van der Waals surface area contributed by atoms with Crippen molar-refractivity contribution in [2.24, 2.45) is 13.0 Å². The van der Waals surface area contributed by atoms with E-state index in [0.717, 1.165) is 29.8 Å². The zero-order valence-corrected chi connectivity index (χ0v) is 19.2. The van der Waals surface area contributed by atoms with Gasteiger partial charge in [0, 0.05) is 32.2 Å². The van der Waals surface area contributed by atoms with E-state index in [1.165, 1.54) is 18.9 Å². The molecule has 0 aliphatic heterocycles. The number of aryl methyl sites for hydroxylation is 1. The van der Waals surface area contributed by atoms with Crippen LogP contribution in [0.5, 0.6) is 11.6 Å². The molecule has 6 heteroatoms. The minimum absolute atomic E-state index is 0.168. The number of halogens is 1. The van der Waals surface area contributed by atoms with E-state index in [1.807, 2.05) is 43.5 Å². The number of allylic oxidation sites excluding steroid dienone is 1. The molecule has 1 heterocycles. The SMILES string of the molecule is C=CCCC(O)CN(Cc1c(-c2ccccc2)nn(C)c1Oc1ccccc1F)CC1CC1. The maximum absolute atomic E-state index is 14.4. The molecule has 1 N–H and O–H groups in total. The summed E-state index contributed by atoms with van der Waals surface area (Å²) in [6.45, 7) is 5.79. The molecule has 1 unspecified atom stereocenters. The Morgan fingerprint density at radius 3 is 2.64 bits per heavy atom. The predicted octanol–water partition coefficient (Wildman–Crippen LogP) is 5.56. The molecule has 174 valence electrons. The fourth-order valence-corrected chi connectivity index (χ4v) is 4.07. The Kier molecular flexibility index (Phi) is 7.57. The van der Waals surface area contributed by atoms with E-state index in [4.69, 9.17) is 9.84 Å². The smallest absolute Gasteiger partial charge is 0.222 e. The average molecular weight is 450 g/mol. The maximum Gasteiger partial charge on any atom is 0.222 e. The van der Waals surface area contributed by atoms with Gasteiger partial charge >= 0.3 is 0 Å². The molecule has 1 fully saturated rings. The molecule has 33 heavy (non-hydrogen) atoms. The zero-order valence-electron chi connectivity index (χ0n) is 19.2. The first kappa shape index (κ1) is 23.2. The molecule has 5 nitrogen and oxygen atoms in total. The summed E-state index contributed by atoms with van der Waals surface area (Å²) in [4.78, 5) is 2.28. The molecule has 3 aromatic rings. The van der Waals surface area contributed by atoms with E-state index in [2.05, 4.69) is 11.5 Å². The van der Waals surface area contributed by atoms with Crippen molar-refractivity contribution in [3.8, 4) is 22.9 Å². The van der Waals surface area contributed by atoms with Crippen molar-refractivity contribution >= 4 is 0 Å². The molecule has 2 aromatic carbocycles. The van der Waals surface area contributed by atoms with Gasteiger partial charge in [-0.1, -0.05) is 48.5 Å². The molecule has 0 amide bonds. The fraction of sp³-hybridized carbons (Fsp3) is 0.370. The van der Waals surface area contributed by atoms with Crippen LogP contribution in [0.1, 0.15) is 31.2 Å². The molecule has 1 aromatic heterocycles. The monoisotopic (exact) mass is 449 g/mol. The lowest BCUT2D eigenvalue weighted by Gasteiger charge is -2.25. The lowest BCUT2D eigenvalue weighted by molar-refractivity contribution is 0.0992. The maximum atomic E-state index is 14.4. The van der Waals surface area contributed by atoms with Gasteiger partial charge in [0.1, 0.15) is 5.69 Å². The molecular weight excluding hydrogens is 417 g/mol. The van der Waals surface area contributed by atoms with E-state index >= 15 is 0 Å². The Bertz CT molecular complexity index is 1060. The van der Waals surface area contributed by atoms with Gasteiger partial charge in [-0.15, -0.1) is 6.58 Å². The van der Waals surface area contributed by atoms with Crippen molar-refractivity contribution in [2.75, 3.05) is 13.1 Å². The van der Waals surface area contributed by atoms with Crippen LogP contribution in [0.2, 0.25) is 0 Å². The van der Waals surface area contributed by atoms with Gasteiger partial charge in [-0.25, -0.2) is 9.07 Å². The summed E-state index contributed by atoms with van der Waals surface area (Å²) in [7, 11) is 1.82. The standard InChI is InChI=1S/C27H32FN3O2/c1-3-4-12-22(32)18-31(17-20-15-16-20)19-23-26(21-10-6-5-7-11-21)29-30(2)27(23)33-25-14-9-8-13-24(25)28/h3,5-11,13-14,20,22,32H,1,4,12,15-19H2,2H3. The first-order valence-electron chi connectivity index (χ1n) is 11.6. The second kappa shape index (κ2) is 10.8. The summed E-state index contributed by atoms with van der Waals surface area (Å²) in [6.07, 6.45) is 5.30. The van der Waals surface area contributed by atoms with E-state index in [9.17, 15) is 9.50 Å². The van der Waals surface area contributed by atoms with Crippen molar-refractivity contribution in [3.63, 3.8) is 0 Å². The number of benzene rings is 2. The van der Waals surface area contributed by atoms with E-state index < -0.39 is 11.9 Å². The summed E-state index contributed by atoms with van der Waals surface area (Å²) < 4.78 is 22.2. The second-order valence-corrected chi connectivity index (χ2v) is 8.81. The zero-order chi connectivity index (χ0) is 23.2. The molecule has 1 saturated carbocycles. The molecule has 0 bridgehead atoms. The largest absolute Gasteiger partial charge is 0.436 e. The Morgan fingerprint density at radius 2 is 1.94 bits per heavy atom. The quantitative estimate of drug-likeness (QED) is 0.368. The third kappa shape index (κ3) is 6.09. The van der Waals surface area contributed by atoms with Crippen molar-refractivity contribution < 1.29 is 14.2 Å². The molecule has 1 aliphatic rings. The van der Waals surface area contributed by atoms with Crippen molar-refractivity contribution in [1.29, 1.82) is 0 Å². The van der Waals surface area contributed by atoms with Crippen LogP contribution in [0.4, 0.5) is 4.39 Å². The van der Waals surface area contributed by atoms with Gasteiger partial charge in [0.2, 0.25) is 5.88 Å². The minimum Gasteiger partial charge on any atom is -0.436 e. The number of rotatable bonds is 12. The van der Waals surface area contributed by atoms with Gasteiger partial charge in [-0.3, -0.25) is 4.90 Å². The van der Waals surface area contributed by atoms with Crippen LogP contribution in [0.15, 0.2) is 67.3 Å². The molecular formula is C27H32FN3O2. The third-order valence-electron chi connectivity index (χ3n) is 5.95. The lowest BCUT2D eigenvalue weighted by Crippen LogP contribution is -2.33. The van der Waals surface area contributed by atoms with E-state index in [1.54, 1.807) is 22.9 Å². The summed E-state index contributed by atoms with van der Waals surface area (Å²) in [5.74, 6) is 0.923. The topological polar surface area (TPSA) is 50.5 Å². The van der Waals surface area contributed by atoms with Gasteiger partial charge in [-0.05, 0) is 43.7 Å². The Morgan fingerprint density at radius 1 is 1.21 bits per heavy atom. The number of ether oxygens (including phenoxy) is 1. The third-order valence-corrected chi connectivity index (χ3v) is 5.95. The minimum atomic E-state index is -0.436. The van der Waals surface area contributed by atoms with E-state index in [-0.39, 0.29) is 5.75 Å². The highest BCUT2D eigenvalue weighted by atomic mass is 19.1. The first-order chi connectivity index (χ1) is 16.0. The molecule has 1 aliphatic carbocycles. The normalized spacial score (nSPS) is 14.4. The molecule has 4 rings (SSSR count). The number of aliphatic hydroxyl groups excluding tert-OH is 1. The second-order valence-electron chi connectivity index (χ2n) is 8.81. The van der Waals surface area contributed by atoms with Crippen LogP contribution < -0.4 is 4.74 Å². The summed E-state index contributed by atoms with van der Waals surface area (Å²) >= 11 is 0. The fourth-order valence-electron chi connectivity index (χ4n) is 4.07.